The zero-order valence-corrected chi connectivity index (χ0v) is 13.3. The molecule has 0 atom stereocenters. The molecule has 6 heteroatoms. The van der Waals surface area contributed by atoms with Crippen molar-refractivity contribution in [1.82, 2.24) is 0 Å². The highest BCUT2D eigenvalue weighted by atomic mass is 79.9. The number of nitrogens with one attached hydrogen (secondary N) is 1. The van der Waals surface area contributed by atoms with Gasteiger partial charge in [0.25, 0.3) is 5.91 Å². The Labute approximate surface area is 129 Å². The molecule has 3 N–H and O–H groups in total. The minimum absolute atomic E-state index is 0.148. The summed E-state index contributed by atoms with van der Waals surface area (Å²) in [6, 6.07) is 7.36. The Kier molecular flexibility index (Phi) is 4.34. The highest BCUT2D eigenvalue weighted by Crippen LogP contribution is 2.25. The minimum atomic E-state index is -0.148. The fourth-order valence-electron chi connectivity index (χ4n) is 1.54. The van der Waals surface area contributed by atoms with E-state index >= 15 is 0 Å². The van der Waals surface area contributed by atoms with Crippen LogP contribution in [0.5, 0.6) is 0 Å². The van der Waals surface area contributed by atoms with E-state index in [0.717, 1.165) is 21.3 Å². The molecule has 1 aromatic heterocycles. The van der Waals surface area contributed by atoms with Gasteiger partial charge in [-0.15, -0.1) is 11.3 Å². The highest BCUT2D eigenvalue weighted by molar-refractivity contribution is 9.10. The number of carbonyl (C=O) groups excluding carboxylic acids is 1. The third kappa shape index (κ3) is 3.20. The molecule has 0 saturated carbocycles. The lowest BCUT2D eigenvalue weighted by Gasteiger charge is -2.09. The molecule has 1 amide bonds. The molecule has 2 rings (SSSR count). The van der Waals surface area contributed by atoms with Crippen molar-refractivity contribution in [2.75, 3.05) is 5.32 Å². The summed E-state index contributed by atoms with van der Waals surface area (Å²) in [7, 11) is 0. The topological polar surface area (TPSA) is 55.1 Å². The first-order valence-electron chi connectivity index (χ1n) is 5.44. The van der Waals surface area contributed by atoms with Crippen molar-refractivity contribution in [2.45, 2.75) is 6.92 Å². The Balaban J connectivity index is 2.28. The number of thiocarbonyl (C=S) groups is 1. The smallest absolute Gasteiger partial charge is 0.266 e. The number of aryl methyl sites for hydroxylation is 1. The molecule has 0 radical (unpaired) electrons. The summed E-state index contributed by atoms with van der Waals surface area (Å²) in [5.41, 5.74) is 8.01. The monoisotopic (exact) mass is 354 g/mol. The lowest BCUT2D eigenvalue weighted by Crippen LogP contribution is -2.14. The van der Waals surface area contributed by atoms with E-state index in [-0.39, 0.29) is 5.91 Å². The summed E-state index contributed by atoms with van der Waals surface area (Å²) in [5, 5.41) is 4.73. The fourth-order valence-corrected chi connectivity index (χ4v) is 3.12. The van der Waals surface area contributed by atoms with E-state index in [1.165, 1.54) is 11.3 Å². The number of rotatable bonds is 3. The third-order valence-corrected chi connectivity index (χ3v) is 4.67. The van der Waals surface area contributed by atoms with Crippen LogP contribution in [0.4, 0.5) is 5.69 Å². The number of halogens is 1. The second kappa shape index (κ2) is 5.81. The number of anilines is 1. The van der Waals surface area contributed by atoms with Crippen LogP contribution in [0.3, 0.4) is 0 Å². The van der Waals surface area contributed by atoms with Crippen molar-refractivity contribution in [2.24, 2.45) is 5.73 Å². The van der Waals surface area contributed by atoms with E-state index in [1.54, 1.807) is 6.07 Å². The van der Waals surface area contributed by atoms with Crippen LogP contribution < -0.4 is 11.1 Å². The summed E-state index contributed by atoms with van der Waals surface area (Å²) in [4.78, 5) is 13.1. The van der Waals surface area contributed by atoms with Gasteiger partial charge in [0.15, 0.2) is 0 Å². The zero-order valence-electron chi connectivity index (χ0n) is 10.1. The largest absolute Gasteiger partial charge is 0.389 e. The van der Waals surface area contributed by atoms with Crippen molar-refractivity contribution >= 4 is 56.1 Å². The molecule has 2 aromatic rings. The van der Waals surface area contributed by atoms with Crippen LogP contribution >= 0.6 is 39.5 Å². The lowest BCUT2D eigenvalue weighted by atomic mass is 10.1. The van der Waals surface area contributed by atoms with Crippen LogP contribution in [0.1, 0.15) is 20.8 Å². The van der Waals surface area contributed by atoms with Crippen molar-refractivity contribution in [1.29, 1.82) is 0 Å². The van der Waals surface area contributed by atoms with Gasteiger partial charge in [0.05, 0.1) is 0 Å². The number of hydrogen-bond acceptors (Lipinski definition) is 3. The maximum Gasteiger partial charge on any atom is 0.266 e. The lowest BCUT2D eigenvalue weighted by molar-refractivity contribution is 0.103. The predicted molar refractivity (Wildman–Crippen MR) is 87.0 cm³/mol. The van der Waals surface area contributed by atoms with Gasteiger partial charge >= 0.3 is 0 Å². The quantitative estimate of drug-likeness (QED) is 0.826. The van der Waals surface area contributed by atoms with Crippen LogP contribution in [0.2, 0.25) is 0 Å². The van der Waals surface area contributed by atoms with Crippen molar-refractivity contribution in [3.63, 3.8) is 0 Å². The molecule has 0 aliphatic rings. The third-order valence-electron chi connectivity index (χ3n) is 2.59. The number of thiophene rings is 1. The van der Waals surface area contributed by atoms with E-state index in [2.05, 4.69) is 21.2 Å². The Morgan fingerprint density at radius 1 is 1.42 bits per heavy atom. The number of benzene rings is 1. The van der Waals surface area contributed by atoms with Crippen molar-refractivity contribution in [3.8, 4) is 0 Å². The molecule has 98 valence electrons. The van der Waals surface area contributed by atoms with E-state index in [1.807, 2.05) is 30.5 Å². The summed E-state index contributed by atoms with van der Waals surface area (Å²) >= 11 is 9.67. The minimum Gasteiger partial charge on any atom is -0.389 e. The Bertz CT molecular complexity index is 652. The van der Waals surface area contributed by atoms with Gasteiger partial charge in [-0.2, -0.15) is 0 Å². The van der Waals surface area contributed by atoms with Gasteiger partial charge < -0.3 is 11.1 Å². The maximum absolute atomic E-state index is 12.1. The number of amides is 1. The van der Waals surface area contributed by atoms with Crippen molar-refractivity contribution in [3.05, 3.63) is 50.1 Å². The number of carbonyl (C=O) groups is 1. The van der Waals surface area contributed by atoms with Gasteiger partial charge in [-0.1, -0.05) is 24.4 Å². The molecule has 1 heterocycles. The van der Waals surface area contributed by atoms with Gasteiger partial charge in [-0.05, 0) is 45.9 Å². The van der Waals surface area contributed by atoms with Gasteiger partial charge in [0.1, 0.15) is 9.87 Å². The molecule has 19 heavy (non-hydrogen) atoms. The highest BCUT2D eigenvalue weighted by Gasteiger charge is 2.13. The van der Waals surface area contributed by atoms with Gasteiger partial charge in [-0.3, -0.25) is 4.79 Å². The summed E-state index contributed by atoms with van der Waals surface area (Å²) in [6.45, 7) is 1.92. The maximum atomic E-state index is 12.1. The molecule has 3 nitrogen and oxygen atoms in total. The number of hydrogen-bond donors (Lipinski definition) is 2. The van der Waals surface area contributed by atoms with Gasteiger partial charge in [0, 0.05) is 15.7 Å². The van der Waals surface area contributed by atoms with E-state index in [0.29, 0.717) is 9.87 Å². The molecular weight excluding hydrogens is 344 g/mol. The average molecular weight is 355 g/mol. The molecule has 0 saturated heterocycles. The van der Waals surface area contributed by atoms with Crippen LogP contribution in [-0.4, -0.2) is 10.9 Å². The summed E-state index contributed by atoms with van der Waals surface area (Å²) < 4.78 is 0.790. The Hall–Kier alpha value is -1.24. The first-order valence-corrected chi connectivity index (χ1v) is 7.52. The standard InChI is InChI=1S/C13H11BrN2OS2/c1-7-2-3-8(12(15)18)6-10(7)16-13(17)11-9(14)4-5-19-11/h2-6H,1H3,(H2,15,18)(H,16,17). The SMILES string of the molecule is Cc1ccc(C(N)=S)cc1NC(=O)c1sccc1Br. The Morgan fingerprint density at radius 3 is 2.74 bits per heavy atom. The molecule has 0 aliphatic heterocycles. The van der Waals surface area contributed by atoms with Gasteiger partial charge in [0.2, 0.25) is 0 Å². The molecule has 0 fully saturated rings. The fraction of sp³-hybridized carbons (Fsp3) is 0.0769. The Morgan fingerprint density at radius 2 is 2.16 bits per heavy atom. The first-order chi connectivity index (χ1) is 8.99. The summed E-state index contributed by atoms with van der Waals surface area (Å²) in [6.07, 6.45) is 0. The summed E-state index contributed by atoms with van der Waals surface area (Å²) in [5.74, 6) is -0.148. The number of nitrogens with two attached hydrogens (primary N) is 1. The van der Waals surface area contributed by atoms with E-state index in [9.17, 15) is 4.79 Å². The molecule has 0 aliphatic carbocycles. The molecule has 0 unspecified atom stereocenters. The van der Waals surface area contributed by atoms with Crippen LogP contribution in [0, 0.1) is 6.92 Å². The van der Waals surface area contributed by atoms with Crippen LogP contribution in [-0.2, 0) is 0 Å². The van der Waals surface area contributed by atoms with Crippen LogP contribution in [0.25, 0.3) is 0 Å². The van der Waals surface area contributed by atoms with E-state index in [4.69, 9.17) is 18.0 Å². The molecule has 1 aromatic carbocycles. The molecule has 0 spiro atoms. The average Bonchev–Trinajstić information content (AvgIpc) is 2.78. The first kappa shape index (κ1) is 14.2. The zero-order chi connectivity index (χ0) is 14.0. The van der Waals surface area contributed by atoms with Crippen molar-refractivity contribution < 1.29 is 4.79 Å². The van der Waals surface area contributed by atoms with Crippen LogP contribution in [0.15, 0.2) is 34.1 Å². The van der Waals surface area contributed by atoms with E-state index < -0.39 is 0 Å². The molecule has 0 bridgehead atoms. The second-order valence-corrected chi connectivity index (χ2v) is 6.16. The second-order valence-electron chi connectivity index (χ2n) is 3.95. The van der Waals surface area contributed by atoms with Gasteiger partial charge in [-0.25, -0.2) is 0 Å². The normalized spacial score (nSPS) is 10.2. The predicted octanol–water partition coefficient (Wildman–Crippen LogP) is 3.71. The molecular formula is C13H11BrN2OS2.